The molecule has 3 aromatic rings. The number of nitrogens with one attached hydrogen (secondary N) is 3. The summed E-state index contributed by atoms with van der Waals surface area (Å²) in [6.45, 7) is 9.15. The van der Waals surface area contributed by atoms with Crippen molar-refractivity contribution in [1.29, 1.82) is 0 Å². The molecule has 0 radical (unpaired) electrons. The number of anilines is 2. The number of rotatable bonds is 5. The number of hydrogen-bond donors (Lipinski definition) is 3. The van der Waals surface area contributed by atoms with Crippen LogP contribution in [-0.2, 0) is 6.42 Å². The number of amides is 2. The van der Waals surface area contributed by atoms with Crippen LogP contribution in [0.15, 0.2) is 36.7 Å². The van der Waals surface area contributed by atoms with Crippen LogP contribution in [0, 0.1) is 11.7 Å². The van der Waals surface area contributed by atoms with E-state index >= 15 is 0 Å². The standard InChI is InChI=1S/C27H34FN7O/c1-27(2,3)33-26(36)35-9-7-18(8-10-35)23-13-21-24(29-16-30-25(21)32-23)31-20-5-6-22(28)19(12-20)11-17-14-34(4)15-17/h5-7,12-13,16-17H,8-11,14-15H2,1-4H3,(H,33,36)(H2,29,30,31,32). The number of aromatic nitrogens is 3. The minimum Gasteiger partial charge on any atom is -0.340 e. The maximum Gasteiger partial charge on any atom is 0.318 e. The van der Waals surface area contributed by atoms with Crippen LogP contribution in [0.4, 0.5) is 20.7 Å². The van der Waals surface area contributed by atoms with Gasteiger partial charge in [0.15, 0.2) is 0 Å². The van der Waals surface area contributed by atoms with Gasteiger partial charge in [0.2, 0.25) is 0 Å². The fourth-order valence-corrected chi connectivity index (χ4v) is 4.92. The van der Waals surface area contributed by atoms with Crippen molar-refractivity contribution in [2.24, 2.45) is 5.92 Å². The van der Waals surface area contributed by atoms with Gasteiger partial charge in [-0.25, -0.2) is 19.2 Å². The van der Waals surface area contributed by atoms with Crippen molar-refractivity contribution in [3.8, 4) is 0 Å². The van der Waals surface area contributed by atoms with E-state index in [9.17, 15) is 9.18 Å². The molecule has 0 saturated carbocycles. The molecule has 3 N–H and O–H groups in total. The zero-order valence-electron chi connectivity index (χ0n) is 21.4. The first-order chi connectivity index (χ1) is 17.1. The Morgan fingerprint density at radius 3 is 2.72 bits per heavy atom. The summed E-state index contributed by atoms with van der Waals surface area (Å²) in [6, 6.07) is 7.15. The highest BCUT2D eigenvalue weighted by molar-refractivity contribution is 5.92. The molecule has 2 aliphatic heterocycles. The van der Waals surface area contributed by atoms with Gasteiger partial charge in [-0.3, -0.25) is 0 Å². The van der Waals surface area contributed by atoms with Crippen molar-refractivity contribution in [2.45, 2.75) is 39.2 Å². The molecule has 190 valence electrons. The van der Waals surface area contributed by atoms with E-state index in [1.807, 2.05) is 37.8 Å². The lowest BCUT2D eigenvalue weighted by atomic mass is 9.92. The van der Waals surface area contributed by atoms with Gasteiger partial charge < -0.3 is 25.4 Å². The lowest BCUT2D eigenvalue weighted by molar-refractivity contribution is 0.134. The molecule has 2 aromatic heterocycles. The lowest BCUT2D eigenvalue weighted by Gasteiger charge is -2.36. The fourth-order valence-electron chi connectivity index (χ4n) is 4.92. The highest BCUT2D eigenvalue weighted by Gasteiger charge is 2.25. The Hall–Kier alpha value is -3.46. The molecule has 5 rings (SSSR count). The fraction of sp³-hybridized carbons (Fsp3) is 0.444. The van der Waals surface area contributed by atoms with E-state index in [2.05, 4.69) is 43.6 Å². The second kappa shape index (κ2) is 9.54. The van der Waals surface area contributed by atoms with Gasteiger partial charge >= 0.3 is 6.03 Å². The van der Waals surface area contributed by atoms with Crippen molar-refractivity contribution >= 4 is 34.1 Å². The number of fused-ring (bicyclic) bond motifs is 1. The quantitative estimate of drug-likeness (QED) is 0.488. The number of aromatic amines is 1. The van der Waals surface area contributed by atoms with Crippen LogP contribution in [0.5, 0.6) is 0 Å². The van der Waals surface area contributed by atoms with Gasteiger partial charge in [0.05, 0.1) is 5.39 Å². The zero-order chi connectivity index (χ0) is 25.4. The summed E-state index contributed by atoms with van der Waals surface area (Å²) in [5, 5.41) is 7.25. The zero-order valence-corrected chi connectivity index (χ0v) is 21.4. The van der Waals surface area contributed by atoms with Crippen LogP contribution < -0.4 is 10.6 Å². The minimum atomic E-state index is -0.264. The average molecular weight is 492 g/mol. The van der Waals surface area contributed by atoms with E-state index in [1.165, 1.54) is 12.4 Å². The maximum absolute atomic E-state index is 14.4. The highest BCUT2D eigenvalue weighted by Crippen LogP contribution is 2.30. The van der Waals surface area contributed by atoms with Crippen molar-refractivity contribution in [1.82, 2.24) is 30.1 Å². The van der Waals surface area contributed by atoms with Crippen LogP contribution in [0.3, 0.4) is 0 Å². The number of H-pyrrole nitrogens is 1. The van der Waals surface area contributed by atoms with Gasteiger partial charge in [0.25, 0.3) is 0 Å². The molecule has 2 aliphatic rings. The van der Waals surface area contributed by atoms with Crippen molar-refractivity contribution in [3.63, 3.8) is 0 Å². The number of hydrogen-bond acceptors (Lipinski definition) is 5. The highest BCUT2D eigenvalue weighted by atomic mass is 19.1. The molecule has 36 heavy (non-hydrogen) atoms. The molecular formula is C27H34FN7O. The molecule has 0 atom stereocenters. The predicted molar refractivity (Wildman–Crippen MR) is 141 cm³/mol. The van der Waals surface area contributed by atoms with E-state index in [-0.39, 0.29) is 17.4 Å². The molecule has 9 heteroatoms. The Morgan fingerprint density at radius 2 is 2.03 bits per heavy atom. The number of urea groups is 1. The molecule has 8 nitrogen and oxygen atoms in total. The second-order valence-corrected chi connectivity index (χ2v) is 11.0. The topological polar surface area (TPSA) is 89.2 Å². The van der Waals surface area contributed by atoms with Crippen LogP contribution in [0.1, 0.15) is 38.4 Å². The molecule has 0 unspecified atom stereocenters. The summed E-state index contributed by atoms with van der Waals surface area (Å²) in [6.07, 6.45) is 5.09. The number of benzene rings is 1. The minimum absolute atomic E-state index is 0.0465. The molecule has 0 bridgehead atoms. The van der Waals surface area contributed by atoms with E-state index in [0.717, 1.165) is 59.5 Å². The first kappa shape index (κ1) is 24.2. The first-order valence-electron chi connectivity index (χ1n) is 12.5. The lowest BCUT2D eigenvalue weighted by Crippen LogP contribution is -2.49. The van der Waals surface area contributed by atoms with Crippen LogP contribution in [-0.4, -0.2) is 69.5 Å². The van der Waals surface area contributed by atoms with E-state index < -0.39 is 0 Å². The van der Waals surface area contributed by atoms with E-state index in [0.29, 0.717) is 24.8 Å². The van der Waals surface area contributed by atoms with Gasteiger partial charge in [-0.1, -0.05) is 6.08 Å². The van der Waals surface area contributed by atoms with Gasteiger partial charge in [-0.05, 0) is 82.0 Å². The summed E-state index contributed by atoms with van der Waals surface area (Å²) >= 11 is 0. The van der Waals surface area contributed by atoms with Crippen LogP contribution in [0.2, 0.25) is 0 Å². The molecular weight excluding hydrogens is 457 g/mol. The van der Waals surface area contributed by atoms with Crippen molar-refractivity contribution < 1.29 is 9.18 Å². The summed E-state index contributed by atoms with van der Waals surface area (Å²) < 4.78 is 14.4. The Balaban J connectivity index is 1.32. The third kappa shape index (κ3) is 5.36. The molecule has 1 fully saturated rings. The van der Waals surface area contributed by atoms with Gasteiger partial charge in [-0.15, -0.1) is 0 Å². The predicted octanol–water partition coefficient (Wildman–Crippen LogP) is 4.54. The third-order valence-electron chi connectivity index (χ3n) is 6.71. The van der Waals surface area contributed by atoms with Gasteiger partial charge in [0, 0.05) is 43.1 Å². The normalized spacial score (nSPS) is 17.1. The number of carbonyl (C=O) groups excluding carboxylic acids is 1. The molecule has 2 amide bonds. The second-order valence-electron chi connectivity index (χ2n) is 11.0. The van der Waals surface area contributed by atoms with Crippen LogP contribution in [0.25, 0.3) is 16.6 Å². The average Bonchev–Trinajstić information content (AvgIpc) is 3.25. The number of likely N-dealkylation sites (tertiary alicyclic amines) is 1. The maximum atomic E-state index is 14.4. The first-order valence-corrected chi connectivity index (χ1v) is 12.5. The summed E-state index contributed by atoms with van der Waals surface area (Å²) in [7, 11) is 2.08. The number of halogens is 1. The summed E-state index contributed by atoms with van der Waals surface area (Å²) in [5.74, 6) is 1.00. The van der Waals surface area contributed by atoms with Crippen molar-refractivity contribution in [2.75, 3.05) is 38.5 Å². The van der Waals surface area contributed by atoms with E-state index in [4.69, 9.17) is 0 Å². The Morgan fingerprint density at radius 1 is 1.22 bits per heavy atom. The smallest absolute Gasteiger partial charge is 0.318 e. The Kier molecular flexibility index (Phi) is 6.42. The van der Waals surface area contributed by atoms with Crippen LogP contribution >= 0.6 is 0 Å². The molecule has 1 aromatic carbocycles. The van der Waals surface area contributed by atoms with E-state index in [1.54, 1.807) is 6.07 Å². The summed E-state index contributed by atoms with van der Waals surface area (Å²) in [4.78, 5) is 28.8. The number of carbonyl (C=O) groups is 1. The SMILES string of the molecule is CN1CC(Cc2cc(Nc3ncnc4[nH]c(C5=CCN(C(=O)NC(C)(C)C)CC5)cc34)ccc2F)C1. The third-order valence-corrected chi connectivity index (χ3v) is 6.71. The molecule has 0 aliphatic carbocycles. The monoisotopic (exact) mass is 491 g/mol. The van der Waals surface area contributed by atoms with Gasteiger partial charge in [-0.2, -0.15) is 0 Å². The molecule has 1 saturated heterocycles. The molecule has 4 heterocycles. The Bertz CT molecular complexity index is 1300. The van der Waals surface area contributed by atoms with Crippen molar-refractivity contribution in [3.05, 3.63) is 53.7 Å². The summed E-state index contributed by atoms with van der Waals surface area (Å²) in [5.41, 5.74) is 4.12. The largest absolute Gasteiger partial charge is 0.340 e. The number of nitrogens with zero attached hydrogens (tertiary/aromatic N) is 4. The molecule has 0 spiro atoms. The van der Waals surface area contributed by atoms with Gasteiger partial charge in [0.1, 0.15) is 23.6 Å². The Labute approximate surface area is 211 Å².